The summed E-state index contributed by atoms with van der Waals surface area (Å²) in [5, 5.41) is 0. The third-order valence-electron chi connectivity index (χ3n) is 0.446. The highest BCUT2D eigenvalue weighted by Crippen LogP contribution is 2.08. The van der Waals surface area contributed by atoms with Gasteiger partial charge in [0, 0.05) is 6.45 Å². The molecule has 2 heteroatoms. The molecule has 0 atom stereocenters. The van der Waals surface area contributed by atoms with Gasteiger partial charge in [0.25, 0.3) is 0 Å². The number of alkyl halides is 1. The van der Waals surface area contributed by atoms with Crippen molar-refractivity contribution in [3.63, 3.8) is 0 Å². The summed E-state index contributed by atoms with van der Waals surface area (Å²) in [7, 11) is 0. The van der Waals surface area contributed by atoms with Crippen LogP contribution in [0.25, 0.3) is 0 Å². The predicted molar refractivity (Wildman–Crippen MR) is 49.3 cm³/mol. The smallest absolute Gasteiger partial charge is 0.00250 e. The Hall–Kier alpha value is 1.20. The van der Waals surface area contributed by atoms with Crippen molar-refractivity contribution in [2.75, 3.05) is 4.43 Å². The van der Waals surface area contributed by atoms with Crippen molar-refractivity contribution < 1.29 is 0 Å². The average Bonchev–Trinajstić information content (AvgIpc) is 1.72. The number of rotatable bonds is 0. The number of hydrogen-bond acceptors (Lipinski definition) is 0. The first-order valence-electron chi connectivity index (χ1n) is 1.66. The number of halogens is 2. The molecule has 1 radical (unpaired) electrons. The van der Waals surface area contributed by atoms with Gasteiger partial charge in [0.1, 0.15) is 0 Å². The highest BCUT2D eigenvalue weighted by molar-refractivity contribution is 14.3. The minimum Gasteiger partial charge on any atom is -0.116 e. The molecule has 1 aliphatic heterocycles. The van der Waals surface area contributed by atoms with Crippen LogP contribution >= 0.6 is 41.5 Å². The zero-order valence-corrected chi connectivity index (χ0v) is 7.51. The summed E-state index contributed by atoms with van der Waals surface area (Å²) in [6, 6.07) is 0. The molecule has 0 fully saturated rings. The van der Waals surface area contributed by atoms with Gasteiger partial charge in [-0.3, -0.25) is 0 Å². The molecule has 0 saturated carbocycles. The first-order valence-corrected chi connectivity index (χ1v) is 6.93. The van der Waals surface area contributed by atoms with Crippen LogP contribution in [0.2, 0.25) is 0 Å². The fraction of sp³-hybridized carbons (Fsp3) is 0.250. The second-order valence-electron chi connectivity index (χ2n) is 0.879. The zero-order valence-electron chi connectivity index (χ0n) is 3.20. The van der Waals surface area contributed by atoms with Crippen LogP contribution in [0.4, 0.5) is 0 Å². The molecule has 0 saturated heterocycles. The Morgan fingerprint density at radius 3 is 2.67 bits per heavy atom. The van der Waals surface area contributed by atoms with E-state index in [1.54, 1.807) is 0 Å². The molecule has 0 amide bonds. The maximum absolute atomic E-state index is 2.53. The normalized spacial score (nSPS) is 21.3. The van der Waals surface area contributed by atoms with E-state index in [0.717, 1.165) is 0 Å². The lowest BCUT2D eigenvalue weighted by Crippen LogP contribution is -1.76. The molecule has 0 aromatic heterocycles. The van der Waals surface area contributed by atoms with Crippen molar-refractivity contribution >= 4 is 47.5 Å². The van der Waals surface area contributed by atoms with Gasteiger partial charge in [-0.05, 0) is 10.4 Å². The molecule has 1 aliphatic rings. The second kappa shape index (κ2) is 3.23. The van der Waals surface area contributed by atoms with Crippen molar-refractivity contribution in [3.05, 3.63) is 6.42 Å². The molecule has 1 rings (SSSR count). The predicted octanol–water partition coefficient (Wildman–Crippen LogP) is 1.71. The van der Waals surface area contributed by atoms with Gasteiger partial charge in [0.05, 0.1) is 0 Å². The van der Waals surface area contributed by atoms with Gasteiger partial charge in [0.2, 0.25) is 0 Å². The summed E-state index contributed by atoms with van der Waals surface area (Å²) < 4.78 is 6.28. The van der Waals surface area contributed by atoms with Crippen LogP contribution in [0.1, 0.15) is 0 Å². The van der Waals surface area contributed by atoms with Crippen molar-refractivity contribution in [2.24, 2.45) is 0 Å². The molecule has 0 aromatic rings. The van der Waals surface area contributed by atoms with Gasteiger partial charge >= 0.3 is 0 Å². The van der Waals surface area contributed by atoms with Gasteiger partial charge in [-0.15, -0.1) is 20.7 Å². The Balaban J connectivity index is 2.46. The summed E-state index contributed by atoms with van der Waals surface area (Å²) in [5.74, 6) is 0. The molecule has 0 nitrogen and oxygen atoms in total. The van der Waals surface area contributed by atoms with E-state index < -0.39 is 0 Å². The van der Waals surface area contributed by atoms with Gasteiger partial charge in [-0.2, -0.15) is 0 Å². The fourth-order valence-corrected chi connectivity index (χ4v) is 6.47. The van der Waals surface area contributed by atoms with Crippen LogP contribution in [-0.2, 0) is 0 Å². The molecule has 0 unspecified atom stereocenters. The molecule has 0 spiro atoms. The maximum Gasteiger partial charge on any atom is 0.00250 e. The van der Waals surface area contributed by atoms with E-state index in [1.807, 2.05) is 0 Å². The first-order chi connectivity index (χ1) is 3.00. The number of hydrogen-bond donors (Lipinski definition) is 0. The molecule has 0 N–H and O–H groups in total. The summed E-state index contributed by atoms with van der Waals surface area (Å²) in [6.07, 6.45) is 2.33. The van der Waals surface area contributed by atoms with Crippen molar-refractivity contribution in [3.8, 4) is 0 Å². The third-order valence-corrected chi connectivity index (χ3v) is 7.05. The van der Waals surface area contributed by atoms with Crippen molar-refractivity contribution in [2.45, 2.75) is 0 Å². The molecule has 6 heavy (non-hydrogen) atoms. The lowest BCUT2D eigenvalue weighted by atomic mass is 10.6. The Bertz CT molecular complexity index is 71.5. The summed E-state index contributed by atoms with van der Waals surface area (Å²) in [6.45, 7) is 0. The van der Waals surface area contributed by atoms with Gasteiger partial charge < -0.3 is 0 Å². The minimum absolute atomic E-state index is 0.458. The van der Waals surface area contributed by atoms with Gasteiger partial charge in [-0.1, -0.05) is 20.7 Å². The minimum atomic E-state index is 0.458. The van der Waals surface area contributed by atoms with E-state index in [2.05, 4.69) is 12.5 Å². The molecular weight excluding hydrogens is 302 g/mol. The zero-order chi connectivity index (χ0) is 4.24. The second-order valence-corrected chi connectivity index (χ2v) is 7.71. The van der Waals surface area contributed by atoms with E-state index in [4.69, 9.17) is 0 Å². The van der Waals surface area contributed by atoms with Crippen LogP contribution in [-0.4, -0.2) is 10.5 Å². The standard InChI is InChI=1S/C4H5I2/c1-2-5-4-6-3-1/h1-2,4H,3H2. The molecule has 35 valence electrons. The summed E-state index contributed by atoms with van der Waals surface area (Å²) in [5.41, 5.74) is 0. The Morgan fingerprint density at radius 1 is 1.50 bits per heavy atom. The third kappa shape index (κ3) is 1.77. The lowest BCUT2D eigenvalue weighted by molar-refractivity contribution is 1.79. The lowest BCUT2D eigenvalue weighted by Gasteiger charge is -1.86. The highest BCUT2D eigenvalue weighted by Gasteiger charge is 1.79. The van der Waals surface area contributed by atoms with Crippen molar-refractivity contribution in [1.29, 1.82) is 0 Å². The molecule has 0 bridgehead atoms. The largest absolute Gasteiger partial charge is 0.116 e. The Morgan fingerprint density at radius 2 is 2.50 bits per heavy atom. The quantitative estimate of drug-likeness (QED) is 0.472. The SMILES string of the molecule is [CH]1C=IC=IC1. The van der Waals surface area contributed by atoms with E-state index in [1.165, 1.54) is 4.43 Å². The van der Waals surface area contributed by atoms with E-state index in [9.17, 15) is 0 Å². The first kappa shape index (κ1) is 5.34. The Kier molecular flexibility index (Phi) is 2.88. The average molecular weight is 307 g/mol. The van der Waals surface area contributed by atoms with E-state index in [-0.39, 0.29) is 0 Å². The Labute approximate surface area is 57.8 Å². The van der Waals surface area contributed by atoms with Crippen LogP contribution in [0, 0.1) is 6.42 Å². The molecule has 0 aromatic carbocycles. The van der Waals surface area contributed by atoms with E-state index in [0.29, 0.717) is 41.5 Å². The fourth-order valence-electron chi connectivity index (χ4n) is 0.231. The molecular formula is C4H5I2. The summed E-state index contributed by atoms with van der Waals surface area (Å²) in [4.78, 5) is 0. The monoisotopic (exact) mass is 307 g/mol. The van der Waals surface area contributed by atoms with Crippen LogP contribution < -0.4 is 0 Å². The van der Waals surface area contributed by atoms with Crippen LogP contribution in [0.3, 0.4) is 0 Å². The highest BCUT2D eigenvalue weighted by atomic mass is 127. The molecule has 1 heterocycles. The summed E-state index contributed by atoms with van der Waals surface area (Å²) >= 11 is 1.01. The van der Waals surface area contributed by atoms with Gasteiger partial charge in [-0.25, -0.2) is 0 Å². The van der Waals surface area contributed by atoms with Crippen LogP contribution in [0.5, 0.6) is 0 Å². The van der Waals surface area contributed by atoms with Gasteiger partial charge in [0.15, 0.2) is 0 Å². The topological polar surface area (TPSA) is 0 Å². The van der Waals surface area contributed by atoms with E-state index >= 15 is 0 Å². The maximum atomic E-state index is 2.53. The van der Waals surface area contributed by atoms with Crippen LogP contribution in [0.15, 0.2) is 0 Å². The molecule has 0 aliphatic carbocycles. The van der Waals surface area contributed by atoms with Crippen molar-refractivity contribution in [1.82, 2.24) is 0 Å².